The van der Waals surface area contributed by atoms with Gasteiger partial charge in [-0.25, -0.2) is 0 Å². The Bertz CT molecular complexity index is 147. The fourth-order valence-corrected chi connectivity index (χ4v) is 2.65. The van der Waals surface area contributed by atoms with Gasteiger partial charge in [0.1, 0.15) is 0 Å². The van der Waals surface area contributed by atoms with Crippen LogP contribution in [0.1, 0.15) is 40.0 Å². The van der Waals surface area contributed by atoms with Crippen LogP contribution in [0, 0.1) is 11.8 Å². The molecule has 0 amide bonds. The normalized spacial score (nSPS) is 35.3. The summed E-state index contributed by atoms with van der Waals surface area (Å²) in [6.45, 7) is 7.52. The van der Waals surface area contributed by atoms with Crippen LogP contribution in [0.15, 0.2) is 0 Å². The lowest BCUT2D eigenvalue weighted by Crippen LogP contribution is -2.27. The summed E-state index contributed by atoms with van der Waals surface area (Å²) in [5, 5.41) is 0. The largest absolute Gasteiger partial charge is 0.378 e. The van der Waals surface area contributed by atoms with Crippen molar-refractivity contribution < 1.29 is 4.74 Å². The number of hydrogen-bond donors (Lipinski definition) is 0. The van der Waals surface area contributed by atoms with Gasteiger partial charge in [-0.15, -0.1) is 0 Å². The van der Waals surface area contributed by atoms with Crippen LogP contribution >= 0.6 is 15.9 Å². The van der Waals surface area contributed by atoms with Crippen LogP contribution in [0.5, 0.6) is 0 Å². The minimum atomic E-state index is 0.378. The number of rotatable bonds is 3. The summed E-state index contributed by atoms with van der Waals surface area (Å²) in [6.07, 6.45) is 4.35. The fourth-order valence-electron chi connectivity index (χ4n) is 1.91. The molecule has 0 spiro atoms. The number of hydrogen-bond acceptors (Lipinski definition) is 1. The average Bonchev–Trinajstić information content (AvgIpc) is 2.06. The van der Waals surface area contributed by atoms with Crippen molar-refractivity contribution in [1.82, 2.24) is 0 Å². The molecule has 78 valence electrons. The Balaban J connectivity index is 2.29. The highest BCUT2D eigenvalue weighted by Crippen LogP contribution is 2.33. The van der Waals surface area contributed by atoms with Crippen molar-refractivity contribution in [2.24, 2.45) is 11.8 Å². The Kier molecular flexibility index (Phi) is 4.74. The van der Waals surface area contributed by atoms with Gasteiger partial charge in [0, 0.05) is 4.83 Å². The van der Waals surface area contributed by atoms with Crippen molar-refractivity contribution in [1.29, 1.82) is 0 Å². The van der Waals surface area contributed by atoms with E-state index >= 15 is 0 Å². The fraction of sp³-hybridized carbons (Fsp3) is 1.00. The number of ether oxygens (including phenoxy) is 1. The van der Waals surface area contributed by atoms with E-state index in [2.05, 4.69) is 36.7 Å². The molecule has 0 heterocycles. The molecule has 0 radical (unpaired) electrons. The lowest BCUT2D eigenvalue weighted by molar-refractivity contribution is 0.0268. The van der Waals surface area contributed by atoms with Crippen molar-refractivity contribution in [3.8, 4) is 0 Å². The van der Waals surface area contributed by atoms with Gasteiger partial charge in [0.2, 0.25) is 0 Å². The smallest absolute Gasteiger partial charge is 0.0519 e. The summed E-state index contributed by atoms with van der Waals surface area (Å²) in [7, 11) is 0. The second-order valence-electron chi connectivity index (χ2n) is 4.53. The molecule has 0 aromatic heterocycles. The zero-order valence-corrected chi connectivity index (χ0v) is 10.5. The summed E-state index contributed by atoms with van der Waals surface area (Å²) in [5.74, 6) is 1.60. The molecule has 1 fully saturated rings. The molecule has 1 aliphatic carbocycles. The molecule has 1 saturated carbocycles. The Hall–Kier alpha value is 0.440. The van der Waals surface area contributed by atoms with E-state index < -0.39 is 0 Å². The Morgan fingerprint density at radius 1 is 1.38 bits per heavy atom. The van der Waals surface area contributed by atoms with Gasteiger partial charge in [-0.3, -0.25) is 0 Å². The van der Waals surface area contributed by atoms with Crippen molar-refractivity contribution in [3.63, 3.8) is 0 Å². The quantitative estimate of drug-likeness (QED) is 0.694. The minimum Gasteiger partial charge on any atom is -0.378 e. The van der Waals surface area contributed by atoms with E-state index in [4.69, 9.17) is 4.74 Å². The lowest BCUT2D eigenvalue weighted by Gasteiger charge is -2.32. The van der Waals surface area contributed by atoms with Gasteiger partial charge in [0.15, 0.2) is 0 Å². The molecule has 0 aromatic carbocycles. The van der Waals surface area contributed by atoms with E-state index in [0.29, 0.717) is 6.10 Å². The molecule has 0 aromatic rings. The van der Waals surface area contributed by atoms with E-state index in [1.165, 1.54) is 19.3 Å². The molecular weight excluding hydrogens is 228 g/mol. The van der Waals surface area contributed by atoms with Crippen LogP contribution < -0.4 is 0 Å². The monoisotopic (exact) mass is 248 g/mol. The third-order valence-electron chi connectivity index (χ3n) is 2.94. The van der Waals surface area contributed by atoms with E-state index in [1.54, 1.807) is 0 Å². The van der Waals surface area contributed by atoms with Gasteiger partial charge in [-0.05, 0) is 44.9 Å². The molecule has 0 aliphatic heterocycles. The van der Waals surface area contributed by atoms with Crippen LogP contribution in [0.25, 0.3) is 0 Å². The predicted octanol–water partition coefficient (Wildman–Crippen LogP) is 3.61. The molecule has 2 heteroatoms. The third-order valence-corrected chi connectivity index (χ3v) is 3.77. The van der Waals surface area contributed by atoms with Crippen molar-refractivity contribution in [2.75, 3.05) is 6.61 Å². The maximum Gasteiger partial charge on any atom is 0.0519 e. The summed E-state index contributed by atoms with van der Waals surface area (Å²) >= 11 is 3.71. The molecule has 3 unspecified atom stereocenters. The van der Waals surface area contributed by atoms with E-state index in [9.17, 15) is 0 Å². The van der Waals surface area contributed by atoms with Crippen LogP contribution in [0.2, 0.25) is 0 Å². The summed E-state index contributed by atoms with van der Waals surface area (Å²) in [6, 6.07) is 0. The molecule has 13 heavy (non-hydrogen) atoms. The van der Waals surface area contributed by atoms with E-state index in [-0.39, 0.29) is 0 Å². The topological polar surface area (TPSA) is 9.23 Å². The van der Waals surface area contributed by atoms with Crippen LogP contribution in [-0.2, 0) is 4.74 Å². The van der Waals surface area contributed by atoms with E-state index in [0.717, 1.165) is 23.3 Å². The standard InChI is InChI=1S/C11H21BrO/c1-8(2)13-7-10-6-11(12)5-4-9(10)3/h8-11H,4-7H2,1-3H3. The maximum absolute atomic E-state index is 5.68. The molecule has 0 bridgehead atoms. The van der Waals surface area contributed by atoms with Gasteiger partial charge in [0.05, 0.1) is 12.7 Å². The first-order chi connectivity index (χ1) is 6.09. The number of alkyl halides is 1. The SMILES string of the molecule is CC(C)OCC1CC(Br)CCC1C. The van der Waals surface area contributed by atoms with Crippen LogP contribution in [0.4, 0.5) is 0 Å². The zero-order valence-electron chi connectivity index (χ0n) is 8.92. The number of halogens is 1. The molecule has 0 N–H and O–H groups in total. The molecule has 0 saturated heterocycles. The molecule has 3 atom stereocenters. The van der Waals surface area contributed by atoms with Crippen LogP contribution in [-0.4, -0.2) is 17.5 Å². The minimum absolute atomic E-state index is 0.378. The lowest BCUT2D eigenvalue weighted by atomic mass is 9.81. The van der Waals surface area contributed by atoms with Crippen molar-refractivity contribution in [3.05, 3.63) is 0 Å². The highest BCUT2D eigenvalue weighted by Gasteiger charge is 2.26. The second-order valence-corrected chi connectivity index (χ2v) is 5.82. The molecule has 1 aliphatic rings. The Morgan fingerprint density at radius 2 is 2.08 bits per heavy atom. The van der Waals surface area contributed by atoms with Gasteiger partial charge in [0.25, 0.3) is 0 Å². The Labute approximate surface area is 90.4 Å². The molecular formula is C11H21BrO. The zero-order chi connectivity index (χ0) is 9.84. The highest BCUT2D eigenvalue weighted by atomic mass is 79.9. The van der Waals surface area contributed by atoms with Crippen molar-refractivity contribution in [2.45, 2.75) is 51.0 Å². The van der Waals surface area contributed by atoms with Gasteiger partial charge < -0.3 is 4.74 Å². The van der Waals surface area contributed by atoms with Crippen LogP contribution in [0.3, 0.4) is 0 Å². The molecule has 1 nitrogen and oxygen atoms in total. The summed E-state index contributed by atoms with van der Waals surface area (Å²) in [4.78, 5) is 0.726. The third kappa shape index (κ3) is 3.99. The highest BCUT2D eigenvalue weighted by molar-refractivity contribution is 9.09. The maximum atomic E-state index is 5.68. The summed E-state index contributed by atoms with van der Waals surface area (Å²) in [5.41, 5.74) is 0. The average molecular weight is 249 g/mol. The predicted molar refractivity (Wildman–Crippen MR) is 60.3 cm³/mol. The second kappa shape index (κ2) is 5.35. The first kappa shape index (κ1) is 11.5. The molecule has 1 rings (SSSR count). The first-order valence-electron chi connectivity index (χ1n) is 5.35. The van der Waals surface area contributed by atoms with Crippen molar-refractivity contribution >= 4 is 15.9 Å². The Morgan fingerprint density at radius 3 is 2.69 bits per heavy atom. The van der Waals surface area contributed by atoms with E-state index in [1.807, 2.05) is 0 Å². The first-order valence-corrected chi connectivity index (χ1v) is 6.26. The summed E-state index contributed by atoms with van der Waals surface area (Å²) < 4.78 is 5.68. The van der Waals surface area contributed by atoms with Gasteiger partial charge in [-0.2, -0.15) is 0 Å². The van der Waals surface area contributed by atoms with Gasteiger partial charge >= 0.3 is 0 Å². The van der Waals surface area contributed by atoms with Gasteiger partial charge in [-0.1, -0.05) is 22.9 Å².